The van der Waals surface area contributed by atoms with Crippen molar-refractivity contribution in [1.29, 1.82) is 0 Å². The van der Waals surface area contributed by atoms with Crippen LogP contribution in [0.3, 0.4) is 0 Å². The van der Waals surface area contributed by atoms with Crippen molar-refractivity contribution in [3.8, 4) is 44.6 Å². The summed E-state index contributed by atoms with van der Waals surface area (Å²) in [4.78, 5) is 39.3. The molecule has 1 atom stereocenters. The third-order valence-corrected chi connectivity index (χ3v) is 14.6. The third kappa shape index (κ3) is 9.78. The molecule has 3 aromatic heterocycles. The van der Waals surface area contributed by atoms with Gasteiger partial charge in [0, 0.05) is 86.0 Å². The number of carboxylic acids is 1. The predicted octanol–water partition coefficient (Wildman–Crippen LogP) is 8.05. The molecule has 66 heavy (non-hydrogen) atoms. The first-order chi connectivity index (χ1) is 31.8. The Labute approximate surface area is 390 Å². The minimum absolute atomic E-state index is 0.0612. The van der Waals surface area contributed by atoms with Gasteiger partial charge in [0.15, 0.2) is 5.82 Å². The first-order valence-electron chi connectivity index (χ1n) is 21.3. The van der Waals surface area contributed by atoms with Gasteiger partial charge in [-0.3, -0.25) is 14.4 Å². The molecule has 4 bridgehead atoms. The van der Waals surface area contributed by atoms with Crippen LogP contribution in [0.2, 0.25) is 5.02 Å². The summed E-state index contributed by atoms with van der Waals surface area (Å²) in [6.07, 6.45) is 1.24. The summed E-state index contributed by atoms with van der Waals surface area (Å²) in [5.74, 6) is -1.10. The Kier molecular flexibility index (Phi) is 13.1. The van der Waals surface area contributed by atoms with Gasteiger partial charge in [0.2, 0.25) is 12.0 Å². The molecule has 18 heteroatoms. The molecule has 3 aliphatic heterocycles. The number of halogens is 2. The number of rotatable bonds is 10. The van der Waals surface area contributed by atoms with E-state index in [-0.39, 0.29) is 41.0 Å². The molecule has 6 heterocycles. The first kappa shape index (κ1) is 45.2. The smallest absolute Gasteiger partial charge is 0.345 e. The summed E-state index contributed by atoms with van der Waals surface area (Å²) in [7, 11) is -2.44. The van der Waals surface area contributed by atoms with E-state index in [4.69, 9.17) is 21.1 Å². The lowest BCUT2D eigenvalue weighted by Crippen LogP contribution is -2.46. The summed E-state index contributed by atoms with van der Waals surface area (Å²) in [6.45, 7) is 8.39. The molecule has 7 aromatic rings. The molecule has 0 saturated carbocycles. The van der Waals surface area contributed by atoms with Gasteiger partial charge in [0.1, 0.15) is 34.2 Å². The van der Waals surface area contributed by atoms with Crippen LogP contribution in [-0.2, 0) is 41.0 Å². The Morgan fingerprint density at radius 1 is 0.924 bits per heavy atom. The molecular weight excluding hydrogens is 905 g/mol. The van der Waals surface area contributed by atoms with E-state index < -0.39 is 22.2 Å². The normalized spacial score (nSPS) is 16.3. The van der Waals surface area contributed by atoms with E-state index in [9.17, 15) is 27.3 Å². The first-order valence-corrected chi connectivity index (χ1v) is 23.9. The van der Waals surface area contributed by atoms with E-state index in [1.807, 2.05) is 37.3 Å². The SMILES string of the molecule is Cc1c2ccc(c1Cl)CN(CCN1CCN(C)CC1)Cc1ccc(OCc3ccnc(-c4ccccc4S(=O)(=O)O)n3)c(c1)C[C@H](C(=O)O)Oc1ncnc3sc(-c4ccc(F)cc4)c-2c13. The monoisotopic (exact) mass is 949 g/mol. The molecule has 1 saturated heterocycles. The largest absolute Gasteiger partial charge is 0.487 e. The number of aromatic nitrogens is 4. The summed E-state index contributed by atoms with van der Waals surface area (Å²) < 4.78 is 61.4. The highest BCUT2D eigenvalue weighted by Crippen LogP contribution is 2.49. The van der Waals surface area contributed by atoms with Crippen LogP contribution in [0.15, 0.2) is 102 Å². The second-order valence-corrected chi connectivity index (χ2v) is 19.2. The van der Waals surface area contributed by atoms with E-state index in [1.54, 1.807) is 24.3 Å². The maximum absolute atomic E-state index is 14.3. The van der Waals surface area contributed by atoms with Crippen LogP contribution < -0.4 is 9.47 Å². The standard InChI is InChI=1S/C48H45ClFN7O7S2/c1-29-36-13-10-32(43(29)49)26-57(22-21-56-19-17-55(2)18-20-56)25-30-7-14-38(63-27-35-15-16-51-45(54-35)37-5-3-4-6-40(37)66(60,61)62)33(23-30)24-39(48(58)59)64-46-42-41(36)44(65-47(42)53-28-52-46)31-8-11-34(50)12-9-31/h3-16,23,28,39H,17-22,24-27H2,1-2H3,(H,58,59)(H,60,61,62)/t39-/m1/s1. The van der Waals surface area contributed by atoms with Gasteiger partial charge >= 0.3 is 5.97 Å². The Bertz CT molecular complexity index is 3060. The van der Waals surface area contributed by atoms with E-state index in [2.05, 4.69) is 41.7 Å². The summed E-state index contributed by atoms with van der Waals surface area (Å²) in [6, 6.07) is 23.4. The third-order valence-electron chi connectivity index (χ3n) is 12.0. The number of carboxylic acid groups (broad SMARTS) is 1. The van der Waals surface area contributed by atoms with Crippen molar-refractivity contribution in [3.63, 3.8) is 0 Å². The Morgan fingerprint density at radius 2 is 1.70 bits per heavy atom. The predicted molar refractivity (Wildman–Crippen MR) is 250 cm³/mol. The molecule has 3 aliphatic rings. The molecule has 0 aliphatic carbocycles. The van der Waals surface area contributed by atoms with Crippen LogP contribution in [-0.4, -0.2) is 111 Å². The van der Waals surface area contributed by atoms with Crippen molar-refractivity contribution in [2.45, 2.75) is 44.0 Å². The molecule has 0 unspecified atom stereocenters. The number of benzene rings is 4. The average molecular weight is 951 g/mol. The van der Waals surface area contributed by atoms with Crippen molar-refractivity contribution in [2.75, 3.05) is 46.3 Å². The van der Waals surface area contributed by atoms with Crippen molar-refractivity contribution in [2.24, 2.45) is 0 Å². The minimum atomic E-state index is -4.57. The van der Waals surface area contributed by atoms with Crippen LogP contribution >= 0.6 is 22.9 Å². The number of hydrogen-bond acceptors (Lipinski definition) is 13. The maximum Gasteiger partial charge on any atom is 0.345 e. The van der Waals surface area contributed by atoms with Crippen molar-refractivity contribution >= 4 is 49.2 Å². The zero-order valence-corrected chi connectivity index (χ0v) is 38.4. The fourth-order valence-electron chi connectivity index (χ4n) is 8.44. The Morgan fingerprint density at radius 3 is 2.47 bits per heavy atom. The molecule has 340 valence electrons. The number of nitrogens with zero attached hydrogens (tertiary/aromatic N) is 7. The van der Waals surface area contributed by atoms with Gasteiger partial charge < -0.3 is 19.5 Å². The molecular formula is C48H45ClFN7O7S2. The van der Waals surface area contributed by atoms with Gasteiger partial charge in [-0.2, -0.15) is 8.42 Å². The second-order valence-electron chi connectivity index (χ2n) is 16.5. The molecule has 14 nitrogen and oxygen atoms in total. The van der Waals surface area contributed by atoms with Gasteiger partial charge in [-0.1, -0.05) is 60.1 Å². The number of fused-ring (bicyclic) bond motifs is 6. The van der Waals surface area contributed by atoms with E-state index >= 15 is 0 Å². The van der Waals surface area contributed by atoms with Gasteiger partial charge in [-0.05, 0) is 83.8 Å². The number of aliphatic carboxylic acids is 1. The van der Waals surface area contributed by atoms with Gasteiger partial charge in [-0.25, -0.2) is 29.1 Å². The topological polar surface area (TPSA) is 171 Å². The quantitative estimate of drug-likeness (QED) is 0.126. The number of carbonyl (C=O) groups is 1. The summed E-state index contributed by atoms with van der Waals surface area (Å²) in [5, 5.41) is 11.9. The molecule has 0 spiro atoms. The second kappa shape index (κ2) is 19.1. The highest BCUT2D eigenvalue weighted by Gasteiger charge is 2.29. The van der Waals surface area contributed by atoms with Crippen LogP contribution in [0.5, 0.6) is 11.6 Å². The lowest BCUT2D eigenvalue weighted by molar-refractivity contribution is -0.145. The number of piperazine rings is 1. The zero-order valence-electron chi connectivity index (χ0n) is 36.0. The fraction of sp³-hybridized carbons (Fsp3) is 0.271. The van der Waals surface area contributed by atoms with E-state index in [0.717, 1.165) is 72.0 Å². The van der Waals surface area contributed by atoms with Crippen molar-refractivity contribution in [3.05, 3.63) is 136 Å². The number of ether oxygens (including phenoxy) is 2. The minimum Gasteiger partial charge on any atom is -0.487 e. The van der Waals surface area contributed by atoms with Crippen molar-refractivity contribution < 1.29 is 36.7 Å². The molecule has 0 radical (unpaired) electrons. The molecule has 10 rings (SSSR count). The van der Waals surface area contributed by atoms with Gasteiger partial charge in [0.05, 0.1) is 11.1 Å². The Balaban J connectivity index is 1.13. The highest BCUT2D eigenvalue weighted by molar-refractivity contribution is 7.86. The molecule has 1 fully saturated rings. The zero-order chi connectivity index (χ0) is 46.1. The fourth-order valence-corrected chi connectivity index (χ4v) is 10.5. The van der Waals surface area contributed by atoms with E-state index in [0.29, 0.717) is 50.9 Å². The van der Waals surface area contributed by atoms with Crippen LogP contribution in [0.25, 0.3) is 43.2 Å². The Hall–Kier alpha value is -5.92. The number of hydrogen-bond donors (Lipinski definition) is 2. The van der Waals surface area contributed by atoms with Crippen LogP contribution in [0, 0.1) is 12.7 Å². The summed E-state index contributed by atoms with van der Waals surface area (Å²) >= 11 is 8.72. The highest BCUT2D eigenvalue weighted by atomic mass is 35.5. The molecule has 2 N–H and O–H groups in total. The summed E-state index contributed by atoms with van der Waals surface area (Å²) in [5.41, 5.74) is 5.95. The van der Waals surface area contributed by atoms with Crippen LogP contribution in [0.1, 0.15) is 27.9 Å². The van der Waals surface area contributed by atoms with Crippen LogP contribution in [0.4, 0.5) is 4.39 Å². The number of thiophene rings is 1. The van der Waals surface area contributed by atoms with Crippen molar-refractivity contribution in [1.82, 2.24) is 34.6 Å². The lowest BCUT2D eigenvalue weighted by Gasteiger charge is -2.34. The van der Waals surface area contributed by atoms with Gasteiger partial charge in [0.25, 0.3) is 10.1 Å². The van der Waals surface area contributed by atoms with Gasteiger partial charge in [-0.15, -0.1) is 11.3 Å². The van der Waals surface area contributed by atoms with E-state index in [1.165, 1.54) is 54.2 Å². The maximum atomic E-state index is 14.3. The lowest BCUT2D eigenvalue weighted by atomic mass is 9.94. The molecule has 0 amide bonds. The average Bonchev–Trinajstić information content (AvgIpc) is 3.69. The molecule has 4 aromatic carbocycles. The number of likely N-dealkylation sites (N-methyl/N-ethyl adjacent to an activating group) is 1.